The maximum atomic E-state index is 5.91. The molecule has 0 spiro atoms. The number of nitrogens with two attached hydrogens (primary N) is 1. The summed E-state index contributed by atoms with van der Waals surface area (Å²) in [5.74, 6) is 0. The monoisotopic (exact) mass is 236 g/mol. The number of para-hydroxylation sites is 1. The van der Waals surface area contributed by atoms with Gasteiger partial charge in [0.25, 0.3) is 0 Å². The zero-order chi connectivity index (χ0) is 12.7. The third-order valence-electron chi connectivity index (χ3n) is 3.17. The summed E-state index contributed by atoms with van der Waals surface area (Å²) < 4.78 is 5.15. The number of ether oxygens (including phenoxy) is 1. The molecular weight excluding hydrogens is 212 g/mol. The lowest BCUT2D eigenvalue weighted by molar-refractivity contribution is 0.115. The van der Waals surface area contributed by atoms with Gasteiger partial charge in [0.2, 0.25) is 0 Å². The molecule has 0 aliphatic carbocycles. The number of hydrogen-bond donors (Lipinski definition) is 1. The molecule has 2 N–H and O–H groups in total. The summed E-state index contributed by atoms with van der Waals surface area (Å²) >= 11 is 0. The normalized spacial score (nSPS) is 12.9. The Hall–Kier alpha value is -1.06. The summed E-state index contributed by atoms with van der Waals surface area (Å²) in [5, 5.41) is 0. The molecule has 0 saturated carbocycles. The van der Waals surface area contributed by atoms with Crippen molar-refractivity contribution in [3.05, 3.63) is 29.8 Å². The van der Waals surface area contributed by atoms with Gasteiger partial charge in [-0.05, 0) is 45.0 Å². The van der Waals surface area contributed by atoms with Gasteiger partial charge < -0.3 is 15.4 Å². The van der Waals surface area contributed by atoms with Gasteiger partial charge >= 0.3 is 0 Å². The van der Waals surface area contributed by atoms with E-state index in [1.807, 2.05) is 18.2 Å². The van der Waals surface area contributed by atoms with E-state index in [0.717, 1.165) is 31.7 Å². The number of nitrogen functional groups attached to an aromatic ring is 1. The second-order valence-corrected chi connectivity index (χ2v) is 4.59. The van der Waals surface area contributed by atoms with Crippen LogP contribution >= 0.6 is 0 Å². The van der Waals surface area contributed by atoms with E-state index >= 15 is 0 Å². The second-order valence-electron chi connectivity index (χ2n) is 4.59. The van der Waals surface area contributed by atoms with E-state index in [9.17, 15) is 0 Å². The highest BCUT2D eigenvalue weighted by molar-refractivity contribution is 5.46. The molecule has 17 heavy (non-hydrogen) atoms. The first kappa shape index (κ1) is 14.0. The molecule has 0 fully saturated rings. The Morgan fingerprint density at radius 3 is 2.71 bits per heavy atom. The Bertz CT molecular complexity index is 328. The van der Waals surface area contributed by atoms with Crippen LogP contribution in [0.4, 0.5) is 5.69 Å². The SMILES string of the molecule is COCC(C)N(C)CCCc1ccccc1N. The Labute approximate surface area is 105 Å². The third kappa shape index (κ3) is 4.75. The summed E-state index contributed by atoms with van der Waals surface area (Å²) in [6.45, 7) is 4.03. The molecule has 96 valence electrons. The predicted molar refractivity (Wildman–Crippen MR) is 73.1 cm³/mol. The first-order valence-corrected chi connectivity index (χ1v) is 6.17. The summed E-state index contributed by atoms with van der Waals surface area (Å²) in [4.78, 5) is 2.32. The van der Waals surface area contributed by atoms with E-state index in [2.05, 4.69) is 24.9 Å². The molecule has 0 aromatic heterocycles. The summed E-state index contributed by atoms with van der Waals surface area (Å²) in [5.41, 5.74) is 8.06. The zero-order valence-electron chi connectivity index (χ0n) is 11.1. The first-order valence-electron chi connectivity index (χ1n) is 6.17. The Morgan fingerprint density at radius 2 is 2.06 bits per heavy atom. The zero-order valence-corrected chi connectivity index (χ0v) is 11.1. The van der Waals surface area contributed by atoms with Crippen LogP contribution < -0.4 is 5.73 Å². The lowest BCUT2D eigenvalue weighted by Gasteiger charge is -2.23. The Kier molecular flexibility index (Phi) is 6.01. The van der Waals surface area contributed by atoms with Crippen LogP contribution in [-0.4, -0.2) is 38.3 Å². The van der Waals surface area contributed by atoms with Gasteiger partial charge in [-0.1, -0.05) is 18.2 Å². The number of methoxy groups -OCH3 is 1. The minimum absolute atomic E-state index is 0.466. The van der Waals surface area contributed by atoms with Crippen molar-refractivity contribution in [1.29, 1.82) is 0 Å². The van der Waals surface area contributed by atoms with Crippen LogP contribution in [0.15, 0.2) is 24.3 Å². The molecule has 0 heterocycles. The number of rotatable bonds is 7. The fraction of sp³-hybridized carbons (Fsp3) is 0.571. The number of anilines is 1. The van der Waals surface area contributed by atoms with Crippen molar-refractivity contribution in [2.24, 2.45) is 0 Å². The fourth-order valence-corrected chi connectivity index (χ4v) is 1.87. The van der Waals surface area contributed by atoms with Crippen LogP contribution in [0, 0.1) is 0 Å². The molecule has 0 aliphatic rings. The molecule has 1 aromatic carbocycles. The molecule has 1 atom stereocenters. The fourth-order valence-electron chi connectivity index (χ4n) is 1.87. The molecule has 3 heteroatoms. The standard InChI is InChI=1S/C14H24N2O/c1-12(11-17-3)16(2)10-6-8-13-7-4-5-9-14(13)15/h4-5,7,9,12H,6,8,10-11,15H2,1-3H3. The Balaban J connectivity index is 2.30. The molecule has 0 radical (unpaired) electrons. The quantitative estimate of drug-likeness (QED) is 0.737. The van der Waals surface area contributed by atoms with Crippen molar-refractivity contribution in [1.82, 2.24) is 4.90 Å². The maximum Gasteiger partial charge on any atom is 0.0615 e. The third-order valence-corrected chi connectivity index (χ3v) is 3.17. The number of hydrogen-bond acceptors (Lipinski definition) is 3. The highest BCUT2D eigenvalue weighted by Gasteiger charge is 2.08. The van der Waals surface area contributed by atoms with Gasteiger partial charge in [-0.2, -0.15) is 0 Å². The minimum atomic E-state index is 0.466. The van der Waals surface area contributed by atoms with Crippen molar-refractivity contribution in [2.45, 2.75) is 25.8 Å². The van der Waals surface area contributed by atoms with Crippen LogP contribution in [0.3, 0.4) is 0 Å². The lowest BCUT2D eigenvalue weighted by atomic mass is 10.1. The van der Waals surface area contributed by atoms with Gasteiger partial charge in [0.05, 0.1) is 6.61 Å². The number of benzene rings is 1. The average molecular weight is 236 g/mol. The smallest absolute Gasteiger partial charge is 0.0615 e. The topological polar surface area (TPSA) is 38.5 Å². The average Bonchev–Trinajstić information content (AvgIpc) is 2.31. The molecule has 0 bridgehead atoms. The molecule has 1 rings (SSSR count). The van der Waals surface area contributed by atoms with E-state index in [0.29, 0.717) is 6.04 Å². The van der Waals surface area contributed by atoms with Crippen molar-refractivity contribution in [3.8, 4) is 0 Å². The minimum Gasteiger partial charge on any atom is -0.399 e. The van der Waals surface area contributed by atoms with E-state index in [4.69, 9.17) is 10.5 Å². The number of aryl methyl sites for hydroxylation is 1. The number of likely N-dealkylation sites (N-methyl/N-ethyl adjacent to an activating group) is 1. The van der Waals surface area contributed by atoms with Gasteiger partial charge in [-0.15, -0.1) is 0 Å². The molecule has 1 unspecified atom stereocenters. The maximum absolute atomic E-state index is 5.91. The van der Waals surface area contributed by atoms with E-state index in [-0.39, 0.29) is 0 Å². The summed E-state index contributed by atoms with van der Waals surface area (Å²) in [6, 6.07) is 8.56. The van der Waals surface area contributed by atoms with E-state index in [1.165, 1.54) is 5.56 Å². The van der Waals surface area contributed by atoms with Crippen molar-refractivity contribution < 1.29 is 4.74 Å². The van der Waals surface area contributed by atoms with E-state index < -0.39 is 0 Å². The van der Waals surface area contributed by atoms with Gasteiger partial charge in [0, 0.05) is 18.8 Å². The van der Waals surface area contributed by atoms with Gasteiger partial charge in [-0.3, -0.25) is 0 Å². The predicted octanol–water partition coefficient (Wildman–Crippen LogP) is 2.17. The molecule has 3 nitrogen and oxygen atoms in total. The van der Waals surface area contributed by atoms with Gasteiger partial charge in [0.15, 0.2) is 0 Å². The molecule has 0 amide bonds. The van der Waals surface area contributed by atoms with Crippen LogP contribution in [-0.2, 0) is 11.2 Å². The highest BCUT2D eigenvalue weighted by atomic mass is 16.5. The number of nitrogens with zero attached hydrogens (tertiary/aromatic N) is 1. The molecule has 0 saturated heterocycles. The largest absolute Gasteiger partial charge is 0.399 e. The van der Waals surface area contributed by atoms with Crippen molar-refractivity contribution >= 4 is 5.69 Å². The van der Waals surface area contributed by atoms with Crippen LogP contribution in [0.1, 0.15) is 18.9 Å². The lowest BCUT2D eigenvalue weighted by Crippen LogP contribution is -2.33. The second kappa shape index (κ2) is 7.30. The van der Waals surface area contributed by atoms with Crippen LogP contribution in [0.25, 0.3) is 0 Å². The first-order chi connectivity index (χ1) is 8.15. The molecular formula is C14H24N2O. The summed E-state index contributed by atoms with van der Waals surface area (Å²) in [7, 11) is 3.88. The van der Waals surface area contributed by atoms with E-state index in [1.54, 1.807) is 7.11 Å². The van der Waals surface area contributed by atoms with Gasteiger partial charge in [-0.25, -0.2) is 0 Å². The van der Waals surface area contributed by atoms with Crippen LogP contribution in [0.2, 0.25) is 0 Å². The summed E-state index contributed by atoms with van der Waals surface area (Å²) in [6.07, 6.45) is 2.16. The molecule has 0 aliphatic heterocycles. The van der Waals surface area contributed by atoms with Crippen molar-refractivity contribution in [3.63, 3.8) is 0 Å². The van der Waals surface area contributed by atoms with Gasteiger partial charge in [0.1, 0.15) is 0 Å². The molecule has 1 aromatic rings. The highest BCUT2D eigenvalue weighted by Crippen LogP contribution is 2.13. The van der Waals surface area contributed by atoms with Crippen molar-refractivity contribution in [2.75, 3.05) is 33.0 Å². The Morgan fingerprint density at radius 1 is 1.35 bits per heavy atom. The van der Waals surface area contributed by atoms with Crippen LogP contribution in [0.5, 0.6) is 0 Å².